The number of likely N-dealkylation sites (tertiary alicyclic amines) is 1. The summed E-state index contributed by atoms with van der Waals surface area (Å²) in [6.45, 7) is 2.21. The molecule has 8 nitrogen and oxygen atoms in total. The van der Waals surface area contributed by atoms with Gasteiger partial charge in [0.1, 0.15) is 11.9 Å². The number of nitrogens with one attached hydrogen (secondary N) is 1. The zero-order chi connectivity index (χ0) is 26.9. The smallest absolute Gasteiger partial charge is 0.292 e. The van der Waals surface area contributed by atoms with Gasteiger partial charge in [0, 0.05) is 23.9 Å². The van der Waals surface area contributed by atoms with E-state index in [2.05, 4.69) is 15.3 Å². The Kier molecular flexibility index (Phi) is 7.42. The number of nitrogens with zero attached hydrogens (tertiary/aromatic N) is 3. The molecule has 0 bridgehead atoms. The maximum Gasteiger partial charge on any atom is 0.292 e. The summed E-state index contributed by atoms with van der Waals surface area (Å²) >= 11 is 6.44. The third-order valence-corrected chi connectivity index (χ3v) is 7.94. The average molecular weight is 549 g/mol. The minimum atomic E-state index is -1.04. The summed E-state index contributed by atoms with van der Waals surface area (Å²) < 4.78 is 7.79. The van der Waals surface area contributed by atoms with Gasteiger partial charge < -0.3 is 20.1 Å². The molecule has 0 radical (unpaired) electrons. The van der Waals surface area contributed by atoms with Crippen LogP contribution < -0.4 is 10.1 Å². The number of carbonyl (C=O) groups is 2. The van der Waals surface area contributed by atoms with Gasteiger partial charge in [0.2, 0.25) is 5.78 Å². The topological polar surface area (TPSA) is 96.7 Å². The van der Waals surface area contributed by atoms with Gasteiger partial charge in [0.05, 0.1) is 28.9 Å². The van der Waals surface area contributed by atoms with Crippen LogP contribution in [0.1, 0.15) is 66.6 Å². The molecule has 1 amide bonds. The van der Waals surface area contributed by atoms with E-state index >= 15 is 0 Å². The average Bonchev–Trinajstić information content (AvgIpc) is 3.86. The number of ketones is 1. The second-order valence-corrected chi connectivity index (χ2v) is 11.3. The van der Waals surface area contributed by atoms with E-state index in [1.165, 1.54) is 0 Å². The lowest BCUT2D eigenvalue weighted by Crippen LogP contribution is -2.48. The summed E-state index contributed by atoms with van der Waals surface area (Å²) in [6, 6.07) is 13.9. The Balaban J connectivity index is 1.14. The first-order chi connectivity index (χ1) is 18.9. The normalized spacial score (nSPS) is 19.0. The van der Waals surface area contributed by atoms with Gasteiger partial charge in [0.15, 0.2) is 0 Å². The molecule has 6 rings (SSSR count). The molecule has 2 aromatic carbocycles. The summed E-state index contributed by atoms with van der Waals surface area (Å²) in [5.74, 6) is -0.799. The summed E-state index contributed by atoms with van der Waals surface area (Å²) in [5.41, 5.74) is 2.58. The van der Waals surface area contributed by atoms with Crippen LogP contribution in [-0.4, -0.2) is 63.3 Å². The monoisotopic (exact) mass is 548 g/mol. The van der Waals surface area contributed by atoms with Gasteiger partial charge in [-0.25, -0.2) is 0 Å². The Labute approximate surface area is 232 Å². The molecule has 0 unspecified atom stereocenters. The molecule has 1 saturated heterocycles. The highest BCUT2D eigenvalue weighted by molar-refractivity contribution is 6.42. The Morgan fingerprint density at radius 3 is 2.46 bits per heavy atom. The number of halogens is 1. The minimum absolute atomic E-state index is 0.209. The third-order valence-electron chi connectivity index (χ3n) is 7.65. The summed E-state index contributed by atoms with van der Waals surface area (Å²) in [7, 11) is 0. The molecular weight excluding hydrogens is 516 g/mol. The predicted octanol–water partition coefficient (Wildman–Crippen LogP) is 4.58. The van der Waals surface area contributed by atoms with E-state index in [1.807, 2.05) is 29.1 Å². The molecule has 3 aromatic rings. The first-order valence-electron chi connectivity index (χ1n) is 13.8. The highest BCUT2D eigenvalue weighted by atomic mass is 35.5. The van der Waals surface area contributed by atoms with Crippen LogP contribution in [0.3, 0.4) is 0 Å². The van der Waals surface area contributed by atoms with Crippen molar-refractivity contribution in [1.29, 1.82) is 0 Å². The number of rotatable bonds is 11. The predicted molar refractivity (Wildman–Crippen MR) is 148 cm³/mol. The van der Waals surface area contributed by atoms with Crippen molar-refractivity contribution in [2.45, 2.75) is 62.8 Å². The van der Waals surface area contributed by atoms with E-state index in [4.69, 9.17) is 16.3 Å². The van der Waals surface area contributed by atoms with E-state index in [0.717, 1.165) is 62.9 Å². The van der Waals surface area contributed by atoms with Crippen molar-refractivity contribution in [3.05, 3.63) is 70.9 Å². The molecule has 2 saturated carbocycles. The molecule has 2 atom stereocenters. The SMILES string of the molecule is O=C(N[C@H](CN1CCCC1)[C@H](O)c1ccc(OC2CC2)c(Cl)c1)C(=O)c1ccc(-c2ccn(C3CC3)n2)cc1. The lowest BCUT2D eigenvalue weighted by molar-refractivity contribution is -0.118. The van der Waals surface area contributed by atoms with Crippen LogP contribution in [0.15, 0.2) is 54.7 Å². The summed E-state index contributed by atoms with van der Waals surface area (Å²) in [4.78, 5) is 28.4. The molecule has 1 aliphatic heterocycles. The lowest BCUT2D eigenvalue weighted by atomic mass is 10.0. The van der Waals surface area contributed by atoms with Gasteiger partial charge in [-0.2, -0.15) is 5.10 Å². The number of benzene rings is 2. The highest BCUT2D eigenvalue weighted by Gasteiger charge is 2.30. The molecule has 3 aliphatic rings. The summed E-state index contributed by atoms with van der Waals surface area (Å²) in [5, 5.41) is 19.2. The van der Waals surface area contributed by atoms with Gasteiger partial charge in [0.25, 0.3) is 5.91 Å². The molecule has 0 spiro atoms. The maximum absolute atomic E-state index is 13.1. The number of amides is 1. The van der Waals surface area contributed by atoms with Crippen molar-refractivity contribution in [1.82, 2.24) is 20.0 Å². The Morgan fingerprint density at radius 1 is 1.05 bits per heavy atom. The van der Waals surface area contributed by atoms with Gasteiger partial charge in [-0.3, -0.25) is 14.3 Å². The minimum Gasteiger partial charge on any atom is -0.489 e. The third kappa shape index (κ3) is 6.19. The first kappa shape index (κ1) is 26.0. The van der Waals surface area contributed by atoms with Gasteiger partial charge in [-0.05, 0) is 75.4 Å². The maximum atomic E-state index is 13.1. The van der Waals surface area contributed by atoms with E-state index in [-0.39, 0.29) is 11.7 Å². The number of aromatic nitrogens is 2. The molecule has 1 aromatic heterocycles. The van der Waals surface area contributed by atoms with Crippen LogP contribution in [-0.2, 0) is 4.79 Å². The fraction of sp³-hybridized carbons (Fsp3) is 0.433. The Hall–Kier alpha value is -3.20. The molecule has 3 fully saturated rings. The standard InChI is InChI=1S/C30H33ClN4O4/c31-24-17-21(7-12-27(24)39-23-10-11-23)28(36)26(18-34-14-1-2-15-34)32-30(38)29(37)20-5-3-19(4-6-20)25-13-16-35(33-25)22-8-9-22/h3-7,12-13,16-17,22-23,26,28,36H,1-2,8-11,14-15,18H2,(H,32,38)/t26-,28-/m1/s1. The highest BCUT2D eigenvalue weighted by Crippen LogP contribution is 2.35. The van der Waals surface area contributed by atoms with Crippen LogP contribution in [0.4, 0.5) is 0 Å². The van der Waals surface area contributed by atoms with Crippen molar-refractivity contribution in [3.63, 3.8) is 0 Å². The second kappa shape index (κ2) is 11.1. The van der Waals surface area contributed by atoms with Crippen molar-refractivity contribution < 1.29 is 19.4 Å². The quantitative estimate of drug-likeness (QED) is 0.269. The molecule has 9 heteroatoms. The van der Waals surface area contributed by atoms with Crippen LogP contribution in [0.2, 0.25) is 5.02 Å². The van der Waals surface area contributed by atoms with Crippen LogP contribution in [0.5, 0.6) is 5.75 Å². The van der Waals surface area contributed by atoms with E-state index < -0.39 is 23.8 Å². The zero-order valence-corrected chi connectivity index (χ0v) is 22.5. The molecule has 2 heterocycles. The van der Waals surface area contributed by atoms with Crippen molar-refractivity contribution >= 4 is 23.3 Å². The molecule has 39 heavy (non-hydrogen) atoms. The van der Waals surface area contributed by atoms with Gasteiger partial charge in [-0.15, -0.1) is 0 Å². The van der Waals surface area contributed by atoms with E-state index in [1.54, 1.807) is 30.3 Å². The van der Waals surface area contributed by atoms with Gasteiger partial charge in [-0.1, -0.05) is 41.9 Å². The fourth-order valence-corrected chi connectivity index (χ4v) is 5.29. The van der Waals surface area contributed by atoms with Crippen LogP contribution in [0.25, 0.3) is 11.3 Å². The molecular formula is C30H33ClN4O4. The number of hydrogen-bond acceptors (Lipinski definition) is 6. The lowest BCUT2D eigenvalue weighted by Gasteiger charge is -2.28. The van der Waals surface area contributed by atoms with E-state index in [0.29, 0.717) is 28.9 Å². The number of ether oxygens (including phenoxy) is 1. The first-order valence-corrected chi connectivity index (χ1v) is 14.2. The van der Waals surface area contributed by atoms with Crippen molar-refractivity contribution in [3.8, 4) is 17.0 Å². The number of aliphatic hydroxyl groups excluding tert-OH is 1. The number of Topliss-reactive ketones (excluding diaryl/α,β-unsaturated/α-hetero) is 1. The van der Waals surface area contributed by atoms with Crippen molar-refractivity contribution in [2.24, 2.45) is 0 Å². The fourth-order valence-electron chi connectivity index (χ4n) is 5.05. The molecule has 2 aliphatic carbocycles. The Morgan fingerprint density at radius 2 is 1.79 bits per heavy atom. The van der Waals surface area contributed by atoms with Crippen LogP contribution in [0, 0.1) is 0 Å². The van der Waals surface area contributed by atoms with Crippen molar-refractivity contribution in [2.75, 3.05) is 19.6 Å². The largest absolute Gasteiger partial charge is 0.489 e. The molecule has 204 valence electrons. The van der Waals surface area contributed by atoms with Crippen LogP contribution >= 0.6 is 11.6 Å². The Bertz CT molecular complexity index is 1340. The number of carbonyl (C=O) groups excluding carboxylic acids is 2. The second-order valence-electron chi connectivity index (χ2n) is 10.9. The number of aliphatic hydroxyl groups is 1. The summed E-state index contributed by atoms with van der Waals surface area (Å²) in [6.07, 6.45) is 7.64. The number of hydrogen-bond donors (Lipinski definition) is 2. The zero-order valence-electron chi connectivity index (χ0n) is 21.8. The molecule has 2 N–H and O–H groups in total. The van der Waals surface area contributed by atoms with Gasteiger partial charge >= 0.3 is 0 Å². The van der Waals surface area contributed by atoms with E-state index in [9.17, 15) is 14.7 Å².